The van der Waals surface area contributed by atoms with Gasteiger partial charge >= 0.3 is 0 Å². The maximum atomic E-state index is 10.6. The van der Waals surface area contributed by atoms with Crippen molar-refractivity contribution < 1.29 is 19.7 Å². The highest BCUT2D eigenvalue weighted by Gasteiger charge is 2.14. The Morgan fingerprint density at radius 3 is 1.31 bits per heavy atom. The van der Waals surface area contributed by atoms with E-state index in [1.807, 2.05) is 60.7 Å². The monoisotopic (exact) mass is 480 g/mol. The number of phenols is 2. The van der Waals surface area contributed by atoms with Crippen molar-refractivity contribution in [3.8, 4) is 23.0 Å². The molecule has 0 bridgehead atoms. The van der Waals surface area contributed by atoms with Crippen LogP contribution in [-0.4, -0.2) is 48.9 Å². The lowest BCUT2D eigenvalue weighted by molar-refractivity contribution is 0.407. The van der Waals surface area contributed by atoms with Crippen molar-refractivity contribution in [2.75, 3.05) is 27.3 Å². The zero-order chi connectivity index (χ0) is 25.3. The molecule has 0 aliphatic heterocycles. The highest BCUT2D eigenvalue weighted by atomic mass is 16.5. The first-order valence-electron chi connectivity index (χ1n) is 11.5. The van der Waals surface area contributed by atoms with Crippen molar-refractivity contribution in [3.63, 3.8) is 0 Å². The molecule has 4 aromatic carbocycles. The average Bonchev–Trinajstić information content (AvgIpc) is 2.92. The number of rotatable bonds is 9. The number of benzene rings is 4. The second-order valence-corrected chi connectivity index (χ2v) is 7.96. The van der Waals surface area contributed by atoms with E-state index in [2.05, 4.69) is 0 Å². The maximum Gasteiger partial charge on any atom is 0.128 e. The smallest absolute Gasteiger partial charge is 0.128 e. The van der Waals surface area contributed by atoms with Crippen LogP contribution in [0, 0.1) is 0 Å². The molecule has 0 heterocycles. The Kier molecular flexibility index (Phi) is 7.98. The van der Waals surface area contributed by atoms with Crippen LogP contribution >= 0.6 is 0 Å². The van der Waals surface area contributed by atoms with Gasteiger partial charge in [0, 0.05) is 34.4 Å². The lowest BCUT2D eigenvalue weighted by Crippen LogP contribution is -2.08. The minimum Gasteiger partial charge on any atom is -0.507 e. The quantitative estimate of drug-likeness (QED) is 0.245. The van der Waals surface area contributed by atoms with Gasteiger partial charge in [-0.2, -0.15) is 0 Å². The second kappa shape index (κ2) is 11.7. The molecule has 0 aliphatic carbocycles. The number of aromatic hydroxyl groups is 2. The lowest BCUT2D eigenvalue weighted by Gasteiger charge is -2.12. The highest BCUT2D eigenvalue weighted by molar-refractivity contribution is 6.15. The van der Waals surface area contributed by atoms with E-state index in [1.165, 1.54) is 0 Å². The summed E-state index contributed by atoms with van der Waals surface area (Å²) in [4.78, 5) is 9.63. The van der Waals surface area contributed by atoms with E-state index in [1.54, 1.807) is 50.6 Å². The number of ether oxygens (including phenoxy) is 2. The zero-order valence-corrected chi connectivity index (χ0v) is 20.3. The number of methoxy groups -OCH3 is 2. The summed E-state index contributed by atoms with van der Waals surface area (Å²) < 4.78 is 10.4. The molecule has 4 aromatic rings. The third-order valence-electron chi connectivity index (χ3n) is 5.65. The van der Waals surface area contributed by atoms with E-state index in [-0.39, 0.29) is 11.5 Å². The van der Waals surface area contributed by atoms with Crippen LogP contribution in [0.1, 0.15) is 22.3 Å². The van der Waals surface area contributed by atoms with Crippen molar-refractivity contribution in [2.24, 2.45) is 9.98 Å². The number of phenolic OH excluding ortho intramolecular Hbond substituents is 2. The van der Waals surface area contributed by atoms with Gasteiger partial charge in [-0.1, -0.05) is 60.7 Å². The molecular formula is C30H28N2O4. The fourth-order valence-corrected chi connectivity index (χ4v) is 3.86. The molecule has 0 fully saturated rings. The second-order valence-electron chi connectivity index (χ2n) is 7.96. The van der Waals surface area contributed by atoms with Gasteiger partial charge in [0.05, 0.1) is 38.7 Å². The van der Waals surface area contributed by atoms with Crippen molar-refractivity contribution in [2.45, 2.75) is 0 Å². The summed E-state index contributed by atoms with van der Waals surface area (Å²) in [5, 5.41) is 21.3. The maximum absolute atomic E-state index is 10.6. The van der Waals surface area contributed by atoms with Gasteiger partial charge in [0.1, 0.15) is 23.0 Å². The first kappa shape index (κ1) is 24.5. The van der Waals surface area contributed by atoms with Crippen LogP contribution in [0.2, 0.25) is 0 Å². The third-order valence-corrected chi connectivity index (χ3v) is 5.65. The molecule has 36 heavy (non-hydrogen) atoms. The number of hydrogen-bond acceptors (Lipinski definition) is 6. The SMILES string of the molecule is COc1ccc(C(=NCCN=C(c2ccccc2)c2ccc(OC)cc2O)c2ccccc2)c(O)c1. The number of aliphatic imine (C=N–C) groups is 2. The van der Waals surface area contributed by atoms with Crippen LogP contribution < -0.4 is 9.47 Å². The summed E-state index contributed by atoms with van der Waals surface area (Å²) in [6.45, 7) is 0.756. The Morgan fingerprint density at radius 2 is 0.972 bits per heavy atom. The number of hydrogen-bond donors (Lipinski definition) is 2. The fraction of sp³-hybridized carbons (Fsp3) is 0.133. The van der Waals surface area contributed by atoms with Crippen molar-refractivity contribution >= 4 is 11.4 Å². The van der Waals surface area contributed by atoms with E-state index < -0.39 is 0 Å². The van der Waals surface area contributed by atoms with E-state index in [0.717, 1.165) is 11.1 Å². The molecule has 2 N–H and O–H groups in total. The summed E-state index contributed by atoms with van der Waals surface area (Å²) >= 11 is 0. The van der Waals surface area contributed by atoms with Crippen LogP contribution in [0.3, 0.4) is 0 Å². The Balaban J connectivity index is 1.67. The first-order valence-corrected chi connectivity index (χ1v) is 11.5. The van der Waals surface area contributed by atoms with Crippen LogP contribution in [0.25, 0.3) is 0 Å². The minimum atomic E-state index is 0.0913. The molecule has 0 aromatic heterocycles. The van der Waals surface area contributed by atoms with Gasteiger partial charge < -0.3 is 19.7 Å². The zero-order valence-electron chi connectivity index (χ0n) is 20.3. The van der Waals surface area contributed by atoms with Gasteiger partial charge in [-0.15, -0.1) is 0 Å². The Hall–Kier alpha value is -4.58. The van der Waals surface area contributed by atoms with Crippen molar-refractivity contribution in [3.05, 3.63) is 119 Å². The Labute approximate surface area is 210 Å². The molecule has 0 saturated heterocycles. The molecular weight excluding hydrogens is 452 g/mol. The van der Waals surface area contributed by atoms with Gasteiger partial charge in [-0.3, -0.25) is 9.98 Å². The van der Waals surface area contributed by atoms with E-state index in [9.17, 15) is 10.2 Å². The summed E-state index contributed by atoms with van der Waals surface area (Å²) in [5.74, 6) is 1.32. The van der Waals surface area contributed by atoms with Gasteiger partial charge in [-0.05, 0) is 24.3 Å². The molecule has 0 saturated carbocycles. The molecule has 4 rings (SSSR count). The molecule has 0 atom stereocenters. The molecule has 0 radical (unpaired) electrons. The average molecular weight is 481 g/mol. The molecule has 0 amide bonds. The fourth-order valence-electron chi connectivity index (χ4n) is 3.86. The molecule has 6 nitrogen and oxygen atoms in total. The summed E-state index contributed by atoms with van der Waals surface area (Å²) in [6.07, 6.45) is 0. The van der Waals surface area contributed by atoms with Crippen LogP contribution in [0.15, 0.2) is 107 Å². The standard InChI is InChI=1S/C30H28N2O4/c1-35-23-13-15-25(27(33)19-23)29(21-9-5-3-6-10-21)31-17-18-32-30(22-11-7-4-8-12-22)26-16-14-24(36-2)20-28(26)34/h3-16,19-20,33-34H,17-18H2,1-2H3. The summed E-state index contributed by atoms with van der Waals surface area (Å²) in [7, 11) is 3.12. The molecule has 0 unspecified atom stereocenters. The molecule has 182 valence electrons. The predicted molar refractivity (Wildman–Crippen MR) is 143 cm³/mol. The van der Waals surface area contributed by atoms with Gasteiger partial charge in [0.2, 0.25) is 0 Å². The largest absolute Gasteiger partial charge is 0.507 e. The normalized spacial score (nSPS) is 11.8. The summed E-state index contributed by atoms with van der Waals surface area (Å²) in [6, 6.07) is 29.8. The topological polar surface area (TPSA) is 83.6 Å². The number of nitrogens with zero attached hydrogens (tertiary/aromatic N) is 2. The van der Waals surface area contributed by atoms with Gasteiger partial charge in [0.25, 0.3) is 0 Å². The molecule has 0 spiro atoms. The van der Waals surface area contributed by atoms with Crippen LogP contribution in [0.5, 0.6) is 23.0 Å². The van der Waals surface area contributed by atoms with Gasteiger partial charge in [-0.25, -0.2) is 0 Å². The van der Waals surface area contributed by atoms with Crippen molar-refractivity contribution in [1.82, 2.24) is 0 Å². The first-order chi connectivity index (χ1) is 17.6. The molecule has 6 heteroatoms. The lowest BCUT2D eigenvalue weighted by atomic mass is 10.0. The summed E-state index contributed by atoms with van der Waals surface area (Å²) in [5.41, 5.74) is 4.33. The highest BCUT2D eigenvalue weighted by Crippen LogP contribution is 2.27. The van der Waals surface area contributed by atoms with E-state index >= 15 is 0 Å². The third kappa shape index (κ3) is 5.73. The Bertz CT molecular complexity index is 1260. The molecule has 0 aliphatic rings. The van der Waals surface area contributed by atoms with E-state index in [0.29, 0.717) is 47.1 Å². The minimum absolute atomic E-state index is 0.0913. The van der Waals surface area contributed by atoms with Crippen molar-refractivity contribution in [1.29, 1.82) is 0 Å². The van der Waals surface area contributed by atoms with Crippen LogP contribution in [0.4, 0.5) is 0 Å². The van der Waals surface area contributed by atoms with Crippen LogP contribution in [-0.2, 0) is 0 Å². The Morgan fingerprint density at radius 1 is 0.583 bits per heavy atom. The van der Waals surface area contributed by atoms with Gasteiger partial charge in [0.15, 0.2) is 0 Å². The van der Waals surface area contributed by atoms with E-state index in [4.69, 9.17) is 19.5 Å². The predicted octanol–water partition coefficient (Wildman–Crippen LogP) is 5.49.